The number of pyridine rings is 1. The lowest BCUT2D eigenvalue weighted by Crippen LogP contribution is -1.94. The number of nitrogens with zero attached hydrogens (tertiary/aromatic N) is 2. The first kappa shape index (κ1) is 32.4. The summed E-state index contributed by atoms with van der Waals surface area (Å²) in [5.74, 6) is 0. The molecule has 0 saturated heterocycles. The summed E-state index contributed by atoms with van der Waals surface area (Å²) in [4.78, 5) is 5.13. The molecule has 2 heteroatoms. The van der Waals surface area contributed by atoms with E-state index in [9.17, 15) is 0 Å². The lowest BCUT2D eigenvalue weighted by molar-refractivity contribution is 1.18. The molecule has 2 heterocycles. The molecule has 0 aliphatic heterocycles. The highest BCUT2D eigenvalue weighted by molar-refractivity contribution is 6.09. The van der Waals surface area contributed by atoms with E-state index in [0.717, 1.165) is 44.9 Å². The maximum Gasteiger partial charge on any atom is 0.0715 e. The van der Waals surface area contributed by atoms with Crippen molar-refractivity contribution in [2.45, 2.75) is 0 Å². The van der Waals surface area contributed by atoms with E-state index in [1.54, 1.807) is 0 Å². The minimum atomic E-state index is 0.957. The molecule has 0 atom stereocenters. The van der Waals surface area contributed by atoms with E-state index in [2.05, 4.69) is 211 Å². The van der Waals surface area contributed by atoms with Gasteiger partial charge in [-0.25, -0.2) is 4.98 Å². The third-order valence-electron chi connectivity index (χ3n) is 10.6. The van der Waals surface area contributed by atoms with Crippen LogP contribution in [-0.4, -0.2) is 9.55 Å². The van der Waals surface area contributed by atoms with Crippen LogP contribution in [0.15, 0.2) is 218 Å². The summed E-state index contributed by atoms with van der Waals surface area (Å²) in [6, 6.07) is 78.3. The zero-order chi connectivity index (χ0) is 36.6. The molecule has 0 unspecified atom stereocenters. The summed E-state index contributed by atoms with van der Waals surface area (Å²) >= 11 is 0. The molecule has 2 nitrogen and oxygen atoms in total. The van der Waals surface area contributed by atoms with Crippen LogP contribution >= 0.6 is 0 Å². The van der Waals surface area contributed by atoms with E-state index in [4.69, 9.17) is 4.98 Å². The van der Waals surface area contributed by atoms with Crippen LogP contribution < -0.4 is 0 Å². The number of para-hydroxylation sites is 2. The average Bonchev–Trinajstić information content (AvgIpc) is 3.61. The third kappa shape index (κ3) is 6.20. The molecule has 0 saturated carbocycles. The lowest BCUT2D eigenvalue weighted by atomic mass is 9.91. The molecule has 0 fully saturated rings. The maximum absolute atomic E-state index is 5.13. The highest BCUT2D eigenvalue weighted by Gasteiger charge is 2.15. The predicted octanol–water partition coefficient (Wildman–Crippen LogP) is 14.2. The summed E-state index contributed by atoms with van der Waals surface area (Å²) in [5.41, 5.74) is 17.0. The highest BCUT2D eigenvalue weighted by atomic mass is 15.0. The number of hydrogen-bond acceptors (Lipinski definition) is 1. The second-order valence-corrected chi connectivity index (χ2v) is 14.0. The van der Waals surface area contributed by atoms with Crippen LogP contribution in [0.2, 0.25) is 0 Å². The zero-order valence-electron chi connectivity index (χ0n) is 30.2. The van der Waals surface area contributed by atoms with Crippen molar-refractivity contribution < 1.29 is 0 Å². The van der Waals surface area contributed by atoms with E-state index in [0.29, 0.717) is 0 Å². The van der Waals surface area contributed by atoms with Gasteiger partial charge in [0.05, 0.1) is 22.4 Å². The Hall–Kier alpha value is -7.29. The molecule has 0 aliphatic carbocycles. The summed E-state index contributed by atoms with van der Waals surface area (Å²) < 4.78 is 2.39. The van der Waals surface area contributed by atoms with Gasteiger partial charge in [-0.15, -0.1) is 0 Å². The van der Waals surface area contributed by atoms with Crippen LogP contribution in [-0.2, 0) is 0 Å². The first-order valence-electron chi connectivity index (χ1n) is 18.8. The minimum absolute atomic E-state index is 0.957. The number of aromatic nitrogens is 2. The first-order chi connectivity index (χ1) is 27.2. The van der Waals surface area contributed by atoms with E-state index < -0.39 is 0 Å². The van der Waals surface area contributed by atoms with Gasteiger partial charge < -0.3 is 4.57 Å². The Labute approximate surface area is 321 Å². The van der Waals surface area contributed by atoms with Crippen LogP contribution in [0.5, 0.6) is 0 Å². The predicted molar refractivity (Wildman–Crippen MR) is 231 cm³/mol. The summed E-state index contributed by atoms with van der Waals surface area (Å²) in [6.07, 6.45) is 0. The molecule has 2 aromatic heterocycles. The molecule has 0 N–H and O–H groups in total. The van der Waals surface area contributed by atoms with E-state index in [-0.39, 0.29) is 0 Å². The average molecular weight is 701 g/mol. The van der Waals surface area contributed by atoms with Crippen LogP contribution in [0.1, 0.15) is 0 Å². The molecule has 10 aromatic rings. The van der Waals surface area contributed by atoms with Gasteiger partial charge in [0.25, 0.3) is 0 Å². The number of benzene rings is 8. The van der Waals surface area contributed by atoms with Crippen molar-refractivity contribution in [2.75, 3.05) is 0 Å². The summed E-state index contributed by atoms with van der Waals surface area (Å²) in [7, 11) is 0. The fraction of sp³-hybridized carbons (Fsp3) is 0. The first-order valence-corrected chi connectivity index (χ1v) is 18.8. The second-order valence-electron chi connectivity index (χ2n) is 14.0. The monoisotopic (exact) mass is 700 g/mol. The molecule has 10 rings (SSSR count). The number of fused-ring (bicyclic) bond motifs is 3. The van der Waals surface area contributed by atoms with Crippen LogP contribution in [0, 0.1) is 0 Å². The fourth-order valence-corrected chi connectivity index (χ4v) is 7.87. The van der Waals surface area contributed by atoms with Crippen molar-refractivity contribution in [2.24, 2.45) is 0 Å². The topological polar surface area (TPSA) is 17.8 Å². The van der Waals surface area contributed by atoms with Gasteiger partial charge in [-0.3, -0.25) is 0 Å². The molecule has 0 amide bonds. The Kier molecular flexibility index (Phi) is 8.20. The van der Waals surface area contributed by atoms with Gasteiger partial charge in [0.15, 0.2) is 0 Å². The van der Waals surface area contributed by atoms with Gasteiger partial charge in [0, 0.05) is 27.6 Å². The van der Waals surface area contributed by atoms with Gasteiger partial charge >= 0.3 is 0 Å². The quantitative estimate of drug-likeness (QED) is 0.162. The smallest absolute Gasteiger partial charge is 0.0715 e. The SMILES string of the molecule is c1ccc(-c2cc(-c3cccc(-c4cc(-c5ccccc5)nc(-c5ccccc5)c4)c3)cc(-c3cccc(-n4c5ccccc5c5ccccc54)c3)c2)cc1. The van der Waals surface area contributed by atoms with Crippen LogP contribution in [0.4, 0.5) is 0 Å². The Morgan fingerprint density at radius 2 is 0.618 bits per heavy atom. The van der Waals surface area contributed by atoms with Gasteiger partial charge in [-0.2, -0.15) is 0 Å². The van der Waals surface area contributed by atoms with Crippen molar-refractivity contribution in [3.05, 3.63) is 218 Å². The van der Waals surface area contributed by atoms with Crippen LogP contribution in [0.25, 0.3) is 94.5 Å². The minimum Gasteiger partial charge on any atom is -0.309 e. The molecular formula is C53H36N2. The number of hydrogen-bond donors (Lipinski definition) is 0. The molecule has 0 spiro atoms. The summed E-state index contributed by atoms with van der Waals surface area (Å²) in [6.45, 7) is 0. The normalized spacial score (nSPS) is 11.3. The Bertz CT molecular complexity index is 2850. The second kappa shape index (κ2) is 13.9. The molecule has 0 radical (unpaired) electrons. The Morgan fingerprint density at radius 3 is 1.15 bits per heavy atom. The van der Waals surface area contributed by atoms with Crippen LogP contribution in [0.3, 0.4) is 0 Å². The third-order valence-corrected chi connectivity index (χ3v) is 10.6. The lowest BCUT2D eigenvalue weighted by Gasteiger charge is -2.15. The van der Waals surface area contributed by atoms with Crippen molar-refractivity contribution in [1.29, 1.82) is 0 Å². The molecule has 0 aliphatic rings. The van der Waals surface area contributed by atoms with E-state index in [1.165, 1.54) is 49.6 Å². The van der Waals surface area contributed by atoms with Gasteiger partial charge in [0.1, 0.15) is 0 Å². The zero-order valence-corrected chi connectivity index (χ0v) is 30.2. The molecular weight excluding hydrogens is 665 g/mol. The van der Waals surface area contributed by atoms with Crippen molar-refractivity contribution in [3.8, 4) is 72.7 Å². The summed E-state index contributed by atoms with van der Waals surface area (Å²) in [5, 5.41) is 2.52. The van der Waals surface area contributed by atoms with Crippen molar-refractivity contribution >= 4 is 21.8 Å². The Balaban J connectivity index is 1.11. The van der Waals surface area contributed by atoms with Crippen molar-refractivity contribution in [3.63, 3.8) is 0 Å². The van der Waals surface area contributed by atoms with E-state index >= 15 is 0 Å². The van der Waals surface area contributed by atoms with Gasteiger partial charge in [0.2, 0.25) is 0 Å². The maximum atomic E-state index is 5.13. The van der Waals surface area contributed by atoms with Gasteiger partial charge in [-0.1, -0.05) is 158 Å². The Morgan fingerprint density at radius 1 is 0.255 bits per heavy atom. The molecule has 8 aromatic carbocycles. The highest BCUT2D eigenvalue weighted by Crippen LogP contribution is 2.38. The van der Waals surface area contributed by atoms with E-state index in [1.807, 2.05) is 12.1 Å². The molecule has 0 bridgehead atoms. The van der Waals surface area contributed by atoms with Crippen molar-refractivity contribution in [1.82, 2.24) is 9.55 Å². The van der Waals surface area contributed by atoms with Gasteiger partial charge in [-0.05, 0) is 105 Å². The standard InChI is InChI=1S/C53H36N2/c1-4-16-37(17-5-1)43-31-44(33-45(32-43)42-24-15-25-47(34-42)55-52-28-12-10-26-48(52)49-27-11-13-29-53(49)55)40-22-14-23-41(30-40)46-35-50(38-18-6-2-7-19-38)54-51(36-46)39-20-8-3-9-21-39/h1-36H. The molecule has 55 heavy (non-hydrogen) atoms. The largest absolute Gasteiger partial charge is 0.309 e. The fourth-order valence-electron chi connectivity index (χ4n) is 7.87. The number of rotatable bonds is 7. The molecule has 258 valence electrons.